The van der Waals surface area contributed by atoms with Crippen molar-refractivity contribution in [1.82, 2.24) is 4.31 Å². The smallest absolute Gasteiger partial charge is 0.228 e. The molecule has 1 aliphatic heterocycles. The van der Waals surface area contributed by atoms with Crippen LogP contribution in [-0.4, -0.2) is 38.0 Å². The standard InChI is InChI=1S/C14H17N3O3S/c1-21(19,20)17-8-4-6-12(10-17)14(18)16-13-7-3-2-5-11(13)9-15/h2-3,5,7,12H,4,6,8,10H2,1H3,(H,16,18). The van der Waals surface area contributed by atoms with E-state index in [4.69, 9.17) is 5.26 Å². The van der Waals surface area contributed by atoms with E-state index in [0.29, 0.717) is 30.6 Å². The van der Waals surface area contributed by atoms with Gasteiger partial charge >= 0.3 is 0 Å². The van der Waals surface area contributed by atoms with Crippen molar-refractivity contribution in [3.8, 4) is 6.07 Å². The molecule has 1 unspecified atom stereocenters. The first-order chi connectivity index (χ1) is 9.91. The Morgan fingerprint density at radius 1 is 1.43 bits per heavy atom. The minimum atomic E-state index is -3.28. The summed E-state index contributed by atoms with van der Waals surface area (Å²) in [5.41, 5.74) is 0.850. The molecule has 1 heterocycles. The molecule has 1 aromatic carbocycles. The molecule has 1 amide bonds. The Morgan fingerprint density at radius 3 is 2.81 bits per heavy atom. The number of benzene rings is 1. The van der Waals surface area contributed by atoms with Crippen molar-refractivity contribution in [2.75, 3.05) is 24.7 Å². The van der Waals surface area contributed by atoms with E-state index in [1.807, 2.05) is 6.07 Å². The highest BCUT2D eigenvalue weighted by Crippen LogP contribution is 2.21. The lowest BCUT2D eigenvalue weighted by molar-refractivity contribution is -0.120. The Kier molecular flexibility index (Phi) is 4.60. The van der Waals surface area contributed by atoms with Gasteiger partial charge in [0.15, 0.2) is 0 Å². The number of nitrogens with one attached hydrogen (secondary N) is 1. The zero-order valence-corrected chi connectivity index (χ0v) is 12.6. The Balaban J connectivity index is 2.09. The minimum absolute atomic E-state index is 0.194. The van der Waals surface area contributed by atoms with Crippen molar-refractivity contribution in [1.29, 1.82) is 5.26 Å². The van der Waals surface area contributed by atoms with Crippen molar-refractivity contribution >= 4 is 21.6 Å². The summed E-state index contributed by atoms with van der Waals surface area (Å²) in [5, 5.41) is 11.7. The number of anilines is 1. The molecule has 1 fully saturated rings. The summed E-state index contributed by atoms with van der Waals surface area (Å²) in [6.45, 7) is 0.650. The van der Waals surface area contributed by atoms with Gasteiger partial charge in [-0.2, -0.15) is 5.26 Å². The van der Waals surface area contributed by atoms with Gasteiger partial charge in [-0.3, -0.25) is 4.79 Å². The summed E-state index contributed by atoms with van der Waals surface area (Å²) < 4.78 is 24.5. The quantitative estimate of drug-likeness (QED) is 0.907. The molecule has 2 rings (SSSR count). The molecule has 0 aliphatic carbocycles. The number of hydrogen-bond acceptors (Lipinski definition) is 4. The lowest BCUT2D eigenvalue weighted by atomic mass is 9.98. The molecule has 0 aromatic heterocycles. The van der Waals surface area contributed by atoms with E-state index in [0.717, 1.165) is 6.26 Å². The summed E-state index contributed by atoms with van der Waals surface area (Å²) in [4.78, 5) is 12.3. The second kappa shape index (κ2) is 6.24. The van der Waals surface area contributed by atoms with Crippen molar-refractivity contribution in [3.05, 3.63) is 29.8 Å². The fourth-order valence-electron chi connectivity index (χ4n) is 2.38. The third-order valence-corrected chi connectivity index (χ3v) is 4.80. The molecule has 1 saturated heterocycles. The Bertz CT molecular complexity index is 679. The number of nitrogens with zero attached hydrogens (tertiary/aromatic N) is 2. The zero-order chi connectivity index (χ0) is 15.5. The van der Waals surface area contributed by atoms with Crippen LogP contribution < -0.4 is 5.32 Å². The average Bonchev–Trinajstić information content (AvgIpc) is 2.47. The molecule has 1 N–H and O–H groups in total. The number of nitriles is 1. The molecule has 1 atom stereocenters. The van der Waals surface area contributed by atoms with Crippen LogP contribution >= 0.6 is 0 Å². The summed E-state index contributed by atoms with van der Waals surface area (Å²) in [6, 6.07) is 8.76. The van der Waals surface area contributed by atoms with Gasteiger partial charge < -0.3 is 5.32 Å². The first kappa shape index (κ1) is 15.5. The van der Waals surface area contributed by atoms with Crippen LogP contribution in [-0.2, 0) is 14.8 Å². The lowest BCUT2D eigenvalue weighted by Crippen LogP contribution is -2.43. The van der Waals surface area contributed by atoms with Crippen LogP contribution in [0.2, 0.25) is 0 Å². The van der Waals surface area contributed by atoms with Crippen molar-refractivity contribution < 1.29 is 13.2 Å². The number of amides is 1. The molecule has 112 valence electrons. The molecule has 0 spiro atoms. The Hall–Kier alpha value is -1.91. The summed E-state index contributed by atoms with van der Waals surface area (Å²) in [5.74, 6) is -0.633. The Morgan fingerprint density at radius 2 is 2.14 bits per heavy atom. The van der Waals surface area contributed by atoms with Gasteiger partial charge in [0.05, 0.1) is 23.4 Å². The average molecular weight is 307 g/mol. The monoisotopic (exact) mass is 307 g/mol. The highest BCUT2D eigenvalue weighted by atomic mass is 32.2. The van der Waals surface area contributed by atoms with E-state index in [1.54, 1.807) is 24.3 Å². The van der Waals surface area contributed by atoms with E-state index < -0.39 is 10.0 Å². The largest absolute Gasteiger partial charge is 0.325 e. The van der Waals surface area contributed by atoms with Crippen molar-refractivity contribution in [2.24, 2.45) is 5.92 Å². The predicted octanol–water partition coefficient (Wildman–Crippen LogP) is 1.17. The molecule has 0 saturated carbocycles. The fourth-order valence-corrected chi connectivity index (χ4v) is 3.29. The minimum Gasteiger partial charge on any atom is -0.325 e. The van der Waals surface area contributed by atoms with Gasteiger partial charge in [0.2, 0.25) is 15.9 Å². The topological polar surface area (TPSA) is 90.3 Å². The number of para-hydroxylation sites is 1. The van der Waals surface area contributed by atoms with Gasteiger partial charge in [-0.15, -0.1) is 0 Å². The maximum absolute atomic E-state index is 12.3. The fraction of sp³-hybridized carbons (Fsp3) is 0.429. The van der Waals surface area contributed by atoms with Gasteiger partial charge in [0, 0.05) is 13.1 Å². The molecule has 0 radical (unpaired) electrons. The molecular formula is C14H17N3O3S. The Labute approximate surface area is 124 Å². The SMILES string of the molecule is CS(=O)(=O)N1CCCC(C(=O)Nc2ccccc2C#N)C1. The van der Waals surface area contributed by atoms with Gasteiger partial charge in [-0.1, -0.05) is 12.1 Å². The van der Waals surface area contributed by atoms with Crippen LogP contribution in [0.4, 0.5) is 5.69 Å². The molecule has 1 aromatic rings. The van der Waals surface area contributed by atoms with Crippen LogP contribution in [0, 0.1) is 17.2 Å². The molecule has 21 heavy (non-hydrogen) atoms. The van der Waals surface area contributed by atoms with Gasteiger partial charge in [-0.05, 0) is 25.0 Å². The van der Waals surface area contributed by atoms with Gasteiger partial charge in [-0.25, -0.2) is 12.7 Å². The van der Waals surface area contributed by atoms with Crippen molar-refractivity contribution in [3.63, 3.8) is 0 Å². The van der Waals surface area contributed by atoms with Crippen LogP contribution in [0.5, 0.6) is 0 Å². The van der Waals surface area contributed by atoms with Crippen LogP contribution in [0.15, 0.2) is 24.3 Å². The molecule has 0 bridgehead atoms. The second-order valence-electron chi connectivity index (χ2n) is 5.11. The zero-order valence-electron chi connectivity index (χ0n) is 11.7. The summed E-state index contributed by atoms with van der Waals surface area (Å²) in [6.07, 6.45) is 2.45. The maximum atomic E-state index is 12.3. The van der Waals surface area contributed by atoms with Crippen molar-refractivity contribution in [2.45, 2.75) is 12.8 Å². The second-order valence-corrected chi connectivity index (χ2v) is 7.09. The first-order valence-electron chi connectivity index (χ1n) is 6.67. The number of rotatable bonds is 3. The van der Waals surface area contributed by atoms with E-state index in [2.05, 4.69) is 5.32 Å². The van der Waals surface area contributed by atoms with Crippen LogP contribution in [0.3, 0.4) is 0 Å². The third-order valence-electron chi connectivity index (χ3n) is 3.53. The number of carbonyl (C=O) groups is 1. The summed E-state index contributed by atoms with van der Waals surface area (Å²) in [7, 11) is -3.28. The molecular weight excluding hydrogens is 290 g/mol. The normalized spacial score (nSPS) is 19.7. The predicted molar refractivity (Wildman–Crippen MR) is 78.9 cm³/mol. The lowest BCUT2D eigenvalue weighted by Gasteiger charge is -2.30. The summed E-state index contributed by atoms with van der Waals surface area (Å²) >= 11 is 0. The first-order valence-corrected chi connectivity index (χ1v) is 8.52. The van der Waals surface area contributed by atoms with Gasteiger partial charge in [0.1, 0.15) is 6.07 Å². The van der Waals surface area contributed by atoms with Gasteiger partial charge in [0.25, 0.3) is 0 Å². The number of piperidine rings is 1. The highest BCUT2D eigenvalue weighted by molar-refractivity contribution is 7.88. The van der Waals surface area contributed by atoms with Crippen LogP contribution in [0.1, 0.15) is 18.4 Å². The molecule has 1 aliphatic rings. The number of sulfonamides is 1. The third kappa shape index (κ3) is 3.80. The van der Waals surface area contributed by atoms with E-state index >= 15 is 0 Å². The highest BCUT2D eigenvalue weighted by Gasteiger charge is 2.30. The van der Waals surface area contributed by atoms with E-state index in [-0.39, 0.29) is 18.4 Å². The maximum Gasteiger partial charge on any atom is 0.228 e. The molecule has 7 heteroatoms. The molecule has 6 nitrogen and oxygen atoms in total. The number of carbonyl (C=O) groups excluding carboxylic acids is 1. The van der Waals surface area contributed by atoms with Crippen LogP contribution in [0.25, 0.3) is 0 Å². The number of hydrogen-bond donors (Lipinski definition) is 1. The van der Waals surface area contributed by atoms with E-state index in [1.165, 1.54) is 4.31 Å². The van der Waals surface area contributed by atoms with E-state index in [9.17, 15) is 13.2 Å².